The number of aryl methyl sites for hydroxylation is 2. The van der Waals surface area contributed by atoms with E-state index < -0.39 is 5.97 Å². The van der Waals surface area contributed by atoms with Gasteiger partial charge in [0, 0.05) is 22.8 Å². The van der Waals surface area contributed by atoms with Gasteiger partial charge in [0.05, 0.1) is 11.4 Å². The first-order chi connectivity index (χ1) is 9.99. The monoisotopic (exact) mass is 305 g/mol. The van der Waals surface area contributed by atoms with Crippen molar-refractivity contribution in [3.8, 4) is 0 Å². The first kappa shape index (κ1) is 16.7. The Labute approximate surface area is 132 Å². The Morgan fingerprint density at radius 3 is 2.32 bits per heavy atom. The number of pyridine rings is 1. The SMILES string of the molecule is Cc1cc(NC2CC(C)(C)NC(C)(C)C2)c(C(=O)O)c(C)n1. The molecule has 2 rings (SSSR count). The molecule has 0 atom stereocenters. The number of carboxylic acids is 1. The fraction of sp³-hybridized carbons (Fsp3) is 0.647. The predicted octanol–water partition coefficient (Wildman–Crippen LogP) is 3.12. The van der Waals surface area contributed by atoms with Crippen molar-refractivity contribution in [1.29, 1.82) is 0 Å². The van der Waals surface area contributed by atoms with Crippen molar-refractivity contribution in [3.05, 3.63) is 23.0 Å². The van der Waals surface area contributed by atoms with Crippen LogP contribution >= 0.6 is 0 Å². The number of carboxylic acid groups (broad SMARTS) is 1. The van der Waals surface area contributed by atoms with Crippen molar-refractivity contribution in [2.75, 3.05) is 5.32 Å². The number of rotatable bonds is 3. The maximum atomic E-state index is 11.6. The van der Waals surface area contributed by atoms with Gasteiger partial charge in [0.15, 0.2) is 0 Å². The summed E-state index contributed by atoms with van der Waals surface area (Å²) in [6.45, 7) is 12.4. The Balaban J connectivity index is 2.32. The average Bonchev–Trinajstić information content (AvgIpc) is 2.21. The molecule has 22 heavy (non-hydrogen) atoms. The minimum Gasteiger partial charge on any atom is -0.478 e. The van der Waals surface area contributed by atoms with Crippen LogP contribution in [0, 0.1) is 13.8 Å². The van der Waals surface area contributed by atoms with Crippen molar-refractivity contribution in [1.82, 2.24) is 10.3 Å². The Kier molecular flexibility index (Phi) is 4.22. The number of nitrogens with zero attached hydrogens (tertiary/aromatic N) is 1. The molecule has 0 radical (unpaired) electrons. The predicted molar refractivity (Wildman–Crippen MR) is 88.6 cm³/mol. The minimum atomic E-state index is -0.931. The zero-order chi connectivity index (χ0) is 16.7. The van der Waals surface area contributed by atoms with Crippen LogP contribution in [0.2, 0.25) is 0 Å². The van der Waals surface area contributed by atoms with Gasteiger partial charge in [-0.25, -0.2) is 4.79 Å². The van der Waals surface area contributed by atoms with E-state index in [4.69, 9.17) is 0 Å². The van der Waals surface area contributed by atoms with Crippen LogP contribution in [0.15, 0.2) is 6.07 Å². The number of aromatic nitrogens is 1. The molecule has 5 nitrogen and oxygen atoms in total. The third kappa shape index (κ3) is 3.77. The van der Waals surface area contributed by atoms with E-state index in [-0.39, 0.29) is 22.7 Å². The van der Waals surface area contributed by atoms with E-state index in [1.165, 1.54) is 0 Å². The Hall–Kier alpha value is -1.62. The van der Waals surface area contributed by atoms with Crippen molar-refractivity contribution in [2.45, 2.75) is 71.5 Å². The van der Waals surface area contributed by atoms with Gasteiger partial charge in [0.1, 0.15) is 5.56 Å². The third-order valence-electron chi connectivity index (χ3n) is 4.09. The highest BCUT2D eigenvalue weighted by Gasteiger charge is 2.38. The van der Waals surface area contributed by atoms with Gasteiger partial charge in [-0.2, -0.15) is 0 Å². The van der Waals surface area contributed by atoms with Gasteiger partial charge in [-0.15, -0.1) is 0 Å². The molecular weight excluding hydrogens is 278 g/mol. The maximum absolute atomic E-state index is 11.6. The lowest BCUT2D eigenvalue weighted by Crippen LogP contribution is -2.60. The van der Waals surface area contributed by atoms with Crippen LogP contribution in [0.5, 0.6) is 0 Å². The van der Waals surface area contributed by atoms with E-state index >= 15 is 0 Å². The highest BCUT2D eigenvalue weighted by Crippen LogP contribution is 2.31. The minimum absolute atomic E-state index is 0.0138. The van der Waals surface area contributed by atoms with Crippen molar-refractivity contribution < 1.29 is 9.90 Å². The molecule has 0 aromatic carbocycles. The molecule has 1 aliphatic rings. The number of hydrogen-bond donors (Lipinski definition) is 3. The smallest absolute Gasteiger partial charge is 0.339 e. The van der Waals surface area contributed by atoms with Gasteiger partial charge < -0.3 is 15.7 Å². The molecule has 1 saturated heterocycles. The third-order valence-corrected chi connectivity index (χ3v) is 4.09. The summed E-state index contributed by atoms with van der Waals surface area (Å²) in [5.41, 5.74) is 2.37. The molecule has 122 valence electrons. The molecule has 1 aliphatic heterocycles. The summed E-state index contributed by atoms with van der Waals surface area (Å²) in [4.78, 5) is 15.8. The second-order valence-electron chi connectivity index (χ2n) is 7.72. The molecular formula is C17H27N3O2. The van der Waals surface area contributed by atoms with E-state index in [0.29, 0.717) is 11.4 Å². The molecule has 0 aliphatic carbocycles. The van der Waals surface area contributed by atoms with Crippen LogP contribution in [-0.2, 0) is 0 Å². The average molecular weight is 305 g/mol. The number of piperidine rings is 1. The summed E-state index contributed by atoms with van der Waals surface area (Å²) < 4.78 is 0. The fourth-order valence-electron chi connectivity index (χ4n) is 3.86. The van der Waals surface area contributed by atoms with Crippen LogP contribution < -0.4 is 10.6 Å². The highest BCUT2D eigenvalue weighted by atomic mass is 16.4. The number of carbonyl (C=O) groups is 1. The molecule has 1 aromatic heterocycles. The molecule has 0 amide bonds. The topological polar surface area (TPSA) is 74.2 Å². The summed E-state index contributed by atoms with van der Waals surface area (Å²) in [5, 5.41) is 16.6. The summed E-state index contributed by atoms with van der Waals surface area (Å²) in [5.74, 6) is -0.931. The summed E-state index contributed by atoms with van der Waals surface area (Å²) in [6, 6.07) is 2.06. The van der Waals surface area contributed by atoms with E-state index in [9.17, 15) is 9.90 Å². The second kappa shape index (κ2) is 5.54. The van der Waals surface area contributed by atoms with Gasteiger partial charge >= 0.3 is 5.97 Å². The summed E-state index contributed by atoms with van der Waals surface area (Å²) in [7, 11) is 0. The first-order valence-corrected chi connectivity index (χ1v) is 7.76. The molecule has 0 saturated carbocycles. The highest BCUT2D eigenvalue weighted by molar-refractivity contribution is 5.95. The molecule has 2 heterocycles. The molecule has 0 bridgehead atoms. The van der Waals surface area contributed by atoms with Gasteiger partial charge in [-0.3, -0.25) is 4.98 Å². The fourth-order valence-corrected chi connectivity index (χ4v) is 3.86. The molecule has 5 heteroatoms. The Morgan fingerprint density at radius 2 is 1.82 bits per heavy atom. The van der Waals surface area contributed by atoms with Gasteiger partial charge in [-0.1, -0.05) is 0 Å². The number of hydrogen-bond acceptors (Lipinski definition) is 4. The number of aromatic carboxylic acids is 1. The molecule has 1 aromatic rings. The lowest BCUT2D eigenvalue weighted by atomic mass is 9.79. The van der Waals surface area contributed by atoms with Gasteiger partial charge in [-0.05, 0) is 60.5 Å². The summed E-state index contributed by atoms with van der Waals surface area (Å²) >= 11 is 0. The number of nitrogens with one attached hydrogen (secondary N) is 2. The quantitative estimate of drug-likeness (QED) is 0.800. The van der Waals surface area contributed by atoms with Crippen LogP contribution in [0.4, 0.5) is 5.69 Å². The molecule has 0 unspecified atom stereocenters. The van der Waals surface area contributed by atoms with Gasteiger partial charge in [0.2, 0.25) is 0 Å². The molecule has 3 N–H and O–H groups in total. The maximum Gasteiger partial charge on any atom is 0.339 e. The van der Waals surface area contributed by atoms with Crippen LogP contribution in [0.3, 0.4) is 0 Å². The lowest BCUT2D eigenvalue weighted by molar-refractivity contribution is 0.0696. The lowest BCUT2D eigenvalue weighted by Gasteiger charge is -2.47. The second-order valence-corrected chi connectivity index (χ2v) is 7.72. The van der Waals surface area contributed by atoms with Crippen LogP contribution in [0.25, 0.3) is 0 Å². The van der Waals surface area contributed by atoms with Crippen molar-refractivity contribution >= 4 is 11.7 Å². The molecule has 1 fully saturated rings. The van der Waals surface area contributed by atoms with Crippen LogP contribution in [-0.4, -0.2) is 33.2 Å². The zero-order valence-electron chi connectivity index (χ0n) is 14.4. The largest absolute Gasteiger partial charge is 0.478 e. The first-order valence-electron chi connectivity index (χ1n) is 7.76. The number of anilines is 1. The van der Waals surface area contributed by atoms with E-state index in [1.807, 2.05) is 13.0 Å². The zero-order valence-corrected chi connectivity index (χ0v) is 14.4. The standard InChI is InChI=1S/C17H27N3O2/c1-10-7-13(14(15(21)22)11(2)18-10)19-12-8-16(3,4)20-17(5,6)9-12/h7,12,20H,8-9H2,1-6H3,(H,18,19)(H,21,22). The van der Waals surface area contributed by atoms with E-state index in [0.717, 1.165) is 18.5 Å². The van der Waals surface area contributed by atoms with Crippen molar-refractivity contribution in [2.24, 2.45) is 0 Å². The van der Waals surface area contributed by atoms with E-state index in [1.54, 1.807) is 6.92 Å². The van der Waals surface area contributed by atoms with Crippen molar-refractivity contribution in [3.63, 3.8) is 0 Å². The summed E-state index contributed by atoms with van der Waals surface area (Å²) in [6.07, 6.45) is 1.88. The van der Waals surface area contributed by atoms with E-state index in [2.05, 4.69) is 43.3 Å². The van der Waals surface area contributed by atoms with Crippen LogP contribution in [0.1, 0.15) is 62.3 Å². The normalized spacial score (nSPS) is 20.6. The molecule has 0 spiro atoms. The Morgan fingerprint density at radius 1 is 1.27 bits per heavy atom. The van der Waals surface area contributed by atoms with Gasteiger partial charge in [0.25, 0.3) is 0 Å². The Bertz CT molecular complexity index is 578.